The number of amides is 1. The van der Waals surface area contributed by atoms with E-state index in [1.165, 1.54) is 12.8 Å². The van der Waals surface area contributed by atoms with Gasteiger partial charge in [0, 0.05) is 31.6 Å². The van der Waals surface area contributed by atoms with Crippen molar-refractivity contribution < 1.29 is 9.32 Å². The highest BCUT2D eigenvalue weighted by Crippen LogP contribution is 2.38. The molecule has 1 atom stereocenters. The fourth-order valence-electron chi connectivity index (χ4n) is 3.19. The van der Waals surface area contributed by atoms with E-state index in [0.29, 0.717) is 30.0 Å². The zero-order chi connectivity index (χ0) is 16.5. The van der Waals surface area contributed by atoms with Crippen molar-refractivity contribution in [3.8, 4) is 0 Å². The van der Waals surface area contributed by atoms with Crippen molar-refractivity contribution in [1.82, 2.24) is 25.0 Å². The Hall–Kier alpha value is -2.31. The summed E-state index contributed by atoms with van der Waals surface area (Å²) in [6.07, 6.45) is 8.32. The molecule has 1 saturated heterocycles. The Balaban J connectivity index is 1.39. The standard InChI is InChI=1S/C17H21N5O2/c1-11-8-19-14(9-18-11)17(23)22-6-2-3-12(10-22)7-15-20-16(21-24-15)13-4-5-13/h8-9,12-13H,2-7,10H2,1H3/t12-/m0/s1. The second kappa shape index (κ2) is 6.30. The molecule has 7 heteroatoms. The van der Waals surface area contributed by atoms with Crippen LogP contribution >= 0.6 is 0 Å². The lowest BCUT2D eigenvalue weighted by Crippen LogP contribution is -2.41. The molecule has 0 unspecified atom stereocenters. The summed E-state index contributed by atoms with van der Waals surface area (Å²) in [7, 11) is 0. The fraction of sp³-hybridized carbons (Fsp3) is 0.588. The van der Waals surface area contributed by atoms with Crippen LogP contribution in [-0.4, -0.2) is 44.0 Å². The summed E-state index contributed by atoms with van der Waals surface area (Å²) < 4.78 is 5.38. The molecule has 4 rings (SSSR count). The highest BCUT2D eigenvalue weighted by Gasteiger charge is 2.30. The zero-order valence-corrected chi connectivity index (χ0v) is 13.8. The van der Waals surface area contributed by atoms with Gasteiger partial charge in [-0.1, -0.05) is 5.16 Å². The van der Waals surface area contributed by atoms with Gasteiger partial charge in [0.25, 0.3) is 5.91 Å². The predicted molar refractivity (Wildman–Crippen MR) is 85.4 cm³/mol. The second-order valence-electron chi connectivity index (χ2n) is 6.83. The predicted octanol–water partition coefficient (Wildman–Crippen LogP) is 2.14. The van der Waals surface area contributed by atoms with E-state index < -0.39 is 0 Å². The maximum absolute atomic E-state index is 12.6. The molecule has 0 spiro atoms. The molecule has 2 aromatic heterocycles. The SMILES string of the molecule is Cc1cnc(C(=O)N2CCC[C@@H](Cc3nc(C4CC4)no3)C2)cn1. The normalized spacial score (nSPS) is 21.0. The van der Waals surface area contributed by atoms with Crippen LogP contribution in [0.2, 0.25) is 0 Å². The lowest BCUT2D eigenvalue weighted by molar-refractivity contribution is 0.0661. The largest absolute Gasteiger partial charge is 0.339 e. The number of carbonyl (C=O) groups excluding carboxylic acids is 1. The molecular formula is C17H21N5O2. The van der Waals surface area contributed by atoms with Crippen LogP contribution < -0.4 is 0 Å². The summed E-state index contributed by atoms with van der Waals surface area (Å²) in [6, 6.07) is 0. The summed E-state index contributed by atoms with van der Waals surface area (Å²) in [5.74, 6) is 2.37. The van der Waals surface area contributed by atoms with Gasteiger partial charge < -0.3 is 9.42 Å². The minimum Gasteiger partial charge on any atom is -0.339 e. The van der Waals surface area contributed by atoms with Crippen molar-refractivity contribution >= 4 is 5.91 Å². The van der Waals surface area contributed by atoms with E-state index in [0.717, 1.165) is 37.3 Å². The van der Waals surface area contributed by atoms with Crippen LogP contribution in [0.3, 0.4) is 0 Å². The van der Waals surface area contributed by atoms with E-state index in [9.17, 15) is 4.79 Å². The highest BCUT2D eigenvalue weighted by atomic mass is 16.5. The zero-order valence-electron chi connectivity index (χ0n) is 13.8. The maximum Gasteiger partial charge on any atom is 0.274 e. The third kappa shape index (κ3) is 3.29. The molecule has 1 aliphatic carbocycles. The Labute approximate surface area is 140 Å². The Morgan fingerprint density at radius 2 is 2.17 bits per heavy atom. The first-order valence-corrected chi connectivity index (χ1v) is 8.59. The van der Waals surface area contributed by atoms with Gasteiger partial charge >= 0.3 is 0 Å². The molecule has 0 N–H and O–H groups in total. The Morgan fingerprint density at radius 1 is 1.29 bits per heavy atom. The number of aryl methyl sites for hydroxylation is 1. The monoisotopic (exact) mass is 327 g/mol. The van der Waals surface area contributed by atoms with E-state index >= 15 is 0 Å². The van der Waals surface area contributed by atoms with Gasteiger partial charge in [-0.15, -0.1) is 0 Å². The quantitative estimate of drug-likeness (QED) is 0.855. The van der Waals surface area contributed by atoms with Gasteiger partial charge in [0.1, 0.15) is 5.69 Å². The highest BCUT2D eigenvalue weighted by molar-refractivity contribution is 5.92. The van der Waals surface area contributed by atoms with Gasteiger partial charge in [0.15, 0.2) is 5.82 Å². The first-order chi connectivity index (χ1) is 11.7. The summed E-state index contributed by atoms with van der Waals surface area (Å²) in [5.41, 5.74) is 1.22. The van der Waals surface area contributed by atoms with E-state index in [4.69, 9.17) is 4.52 Å². The van der Waals surface area contributed by atoms with Crippen molar-refractivity contribution in [3.63, 3.8) is 0 Å². The van der Waals surface area contributed by atoms with Crippen LogP contribution in [0, 0.1) is 12.8 Å². The van der Waals surface area contributed by atoms with Crippen LogP contribution in [0.5, 0.6) is 0 Å². The van der Waals surface area contributed by atoms with Crippen LogP contribution in [0.4, 0.5) is 0 Å². The number of nitrogens with zero attached hydrogens (tertiary/aromatic N) is 5. The molecule has 3 heterocycles. The second-order valence-corrected chi connectivity index (χ2v) is 6.83. The molecule has 7 nitrogen and oxygen atoms in total. The van der Waals surface area contributed by atoms with Gasteiger partial charge in [-0.3, -0.25) is 9.78 Å². The molecule has 24 heavy (non-hydrogen) atoms. The van der Waals surface area contributed by atoms with Crippen LogP contribution in [0.15, 0.2) is 16.9 Å². The minimum atomic E-state index is -0.0450. The molecule has 1 aliphatic heterocycles. The van der Waals surface area contributed by atoms with Gasteiger partial charge in [-0.05, 0) is 38.5 Å². The van der Waals surface area contributed by atoms with Crippen LogP contribution in [0.25, 0.3) is 0 Å². The van der Waals surface area contributed by atoms with Crippen molar-refractivity contribution in [2.24, 2.45) is 5.92 Å². The lowest BCUT2D eigenvalue weighted by Gasteiger charge is -2.31. The van der Waals surface area contributed by atoms with Crippen molar-refractivity contribution in [2.45, 2.75) is 44.9 Å². The number of carbonyl (C=O) groups is 1. The summed E-state index contributed by atoms with van der Waals surface area (Å²) in [5, 5.41) is 4.07. The van der Waals surface area contributed by atoms with Crippen molar-refractivity contribution in [1.29, 1.82) is 0 Å². The smallest absolute Gasteiger partial charge is 0.274 e. The molecule has 0 radical (unpaired) electrons. The Bertz CT molecular complexity index is 723. The molecule has 0 aromatic carbocycles. The van der Waals surface area contributed by atoms with Gasteiger partial charge in [-0.2, -0.15) is 4.98 Å². The first kappa shape index (κ1) is 15.2. The number of hydrogen-bond donors (Lipinski definition) is 0. The number of piperidine rings is 1. The Kier molecular flexibility index (Phi) is 4.00. The van der Waals surface area contributed by atoms with E-state index in [1.54, 1.807) is 12.4 Å². The third-order valence-corrected chi connectivity index (χ3v) is 4.70. The van der Waals surface area contributed by atoms with E-state index in [-0.39, 0.29) is 5.91 Å². The number of hydrogen-bond acceptors (Lipinski definition) is 6. The van der Waals surface area contributed by atoms with Crippen LogP contribution in [-0.2, 0) is 6.42 Å². The number of rotatable bonds is 4. The maximum atomic E-state index is 12.6. The minimum absolute atomic E-state index is 0.0450. The summed E-state index contributed by atoms with van der Waals surface area (Å²) >= 11 is 0. The molecule has 2 fully saturated rings. The number of likely N-dealkylation sites (tertiary alicyclic amines) is 1. The molecule has 126 valence electrons. The summed E-state index contributed by atoms with van der Waals surface area (Å²) in [4.78, 5) is 27.3. The van der Waals surface area contributed by atoms with Gasteiger partial charge in [0.05, 0.1) is 11.9 Å². The summed E-state index contributed by atoms with van der Waals surface area (Å²) in [6.45, 7) is 3.33. The molecule has 2 aromatic rings. The number of aromatic nitrogens is 4. The van der Waals surface area contributed by atoms with Crippen molar-refractivity contribution in [3.05, 3.63) is 35.5 Å². The topological polar surface area (TPSA) is 85.0 Å². The first-order valence-electron chi connectivity index (χ1n) is 8.59. The van der Waals surface area contributed by atoms with E-state index in [2.05, 4.69) is 20.1 Å². The molecule has 0 bridgehead atoms. The van der Waals surface area contributed by atoms with Crippen LogP contribution in [0.1, 0.15) is 59.5 Å². The fourth-order valence-corrected chi connectivity index (χ4v) is 3.19. The molecular weight excluding hydrogens is 306 g/mol. The average Bonchev–Trinajstić information content (AvgIpc) is 3.35. The molecule has 2 aliphatic rings. The third-order valence-electron chi connectivity index (χ3n) is 4.70. The van der Waals surface area contributed by atoms with Gasteiger partial charge in [0.2, 0.25) is 5.89 Å². The van der Waals surface area contributed by atoms with Gasteiger partial charge in [-0.25, -0.2) is 4.98 Å². The molecule has 1 amide bonds. The average molecular weight is 327 g/mol. The van der Waals surface area contributed by atoms with E-state index in [1.807, 2.05) is 11.8 Å². The lowest BCUT2D eigenvalue weighted by atomic mass is 9.94. The molecule has 1 saturated carbocycles. The van der Waals surface area contributed by atoms with Crippen molar-refractivity contribution in [2.75, 3.05) is 13.1 Å². The Morgan fingerprint density at radius 3 is 2.92 bits per heavy atom.